The number of aliphatic hydroxyl groups is 10. The summed E-state index contributed by atoms with van der Waals surface area (Å²) in [5, 5.41) is 105. The van der Waals surface area contributed by atoms with Crippen molar-refractivity contribution in [3.05, 3.63) is 0 Å². The summed E-state index contributed by atoms with van der Waals surface area (Å²) >= 11 is 0. The maximum atomic E-state index is 11.6. The van der Waals surface area contributed by atoms with Crippen molar-refractivity contribution in [2.45, 2.75) is 112 Å². The first-order valence-corrected chi connectivity index (χ1v) is 13.5. The molecule has 0 bridgehead atoms. The largest absolute Gasteiger partial charge is 0.394 e. The summed E-state index contributed by atoms with van der Waals surface area (Å²) in [4.78, 5) is 2.02. The minimum Gasteiger partial charge on any atom is -0.394 e. The SMILES string of the molecule is CCN(CC)CCO[C@@H]1O[C@H](CO)[C@@H](O)[C@@](O)([C@@H]2O[C@@H](CO[C@@H]3O[C@@H](C)[C@H](O)[C@@H](O)[C@H]3O)[C@H](O)[C@@H](O)[C@H]2O)[C@H]1O. The van der Waals surface area contributed by atoms with E-state index in [1.165, 1.54) is 6.92 Å². The monoisotopic (exact) mass is 587 g/mol. The average Bonchev–Trinajstić information content (AvgIpc) is 2.94. The highest BCUT2D eigenvalue weighted by Crippen LogP contribution is 2.39. The normalized spacial score (nSPS) is 48.5. The van der Waals surface area contributed by atoms with Crippen LogP contribution in [0.5, 0.6) is 0 Å². The van der Waals surface area contributed by atoms with Gasteiger partial charge in [0.25, 0.3) is 0 Å². The second-order valence-electron chi connectivity index (χ2n) is 10.5. The minimum absolute atomic E-state index is 0.0439. The van der Waals surface area contributed by atoms with Gasteiger partial charge in [-0.25, -0.2) is 0 Å². The molecule has 3 aliphatic rings. The van der Waals surface area contributed by atoms with Crippen molar-refractivity contribution < 1.29 is 74.7 Å². The van der Waals surface area contributed by atoms with Gasteiger partial charge in [0.1, 0.15) is 67.1 Å². The molecule has 0 spiro atoms. The van der Waals surface area contributed by atoms with Gasteiger partial charge in [-0.1, -0.05) is 13.8 Å². The first kappa shape index (κ1) is 33.9. The second-order valence-corrected chi connectivity index (χ2v) is 10.5. The molecule has 10 N–H and O–H groups in total. The minimum atomic E-state index is -2.78. The van der Waals surface area contributed by atoms with Crippen LogP contribution >= 0.6 is 0 Å². The molecule has 0 saturated carbocycles. The van der Waals surface area contributed by atoms with Crippen molar-refractivity contribution in [1.29, 1.82) is 0 Å². The topological polar surface area (TPSA) is 252 Å². The van der Waals surface area contributed by atoms with E-state index >= 15 is 0 Å². The molecule has 3 fully saturated rings. The summed E-state index contributed by atoms with van der Waals surface area (Å²) in [5.74, 6) is 0. The molecule has 3 aliphatic heterocycles. The Morgan fingerprint density at radius 3 is 1.93 bits per heavy atom. The fourth-order valence-corrected chi connectivity index (χ4v) is 5.27. The first-order chi connectivity index (χ1) is 18.8. The van der Waals surface area contributed by atoms with Gasteiger partial charge in [0.05, 0.1) is 25.9 Å². The van der Waals surface area contributed by atoms with Gasteiger partial charge in [0, 0.05) is 6.54 Å². The number of ether oxygens (including phenoxy) is 5. The fourth-order valence-electron chi connectivity index (χ4n) is 5.27. The van der Waals surface area contributed by atoms with E-state index in [1.807, 2.05) is 18.7 Å². The van der Waals surface area contributed by atoms with E-state index in [0.717, 1.165) is 13.1 Å². The highest BCUT2D eigenvalue weighted by Gasteiger charge is 2.64. The van der Waals surface area contributed by atoms with Gasteiger partial charge in [-0.3, -0.25) is 0 Å². The van der Waals surface area contributed by atoms with Crippen molar-refractivity contribution >= 4 is 0 Å². The van der Waals surface area contributed by atoms with Crippen LogP contribution in [0.15, 0.2) is 0 Å². The Morgan fingerprint density at radius 1 is 0.700 bits per heavy atom. The van der Waals surface area contributed by atoms with Crippen LogP contribution in [0.4, 0.5) is 0 Å². The zero-order chi connectivity index (χ0) is 29.9. The van der Waals surface area contributed by atoms with E-state index in [4.69, 9.17) is 23.7 Å². The summed E-state index contributed by atoms with van der Waals surface area (Å²) < 4.78 is 27.5. The summed E-state index contributed by atoms with van der Waals surface area (Å²) in [7, 11) is 0. The van der Waals surface area contributed by atoms with Crippen LogP contribution in [-0.2, 0) is 23.7 Å². The van der Waals surface area contributed by atoms with Gasteiger partial charge in [0.15, 0.2) is 18.2 Å². The lowest BCUT2D eigenvalue weighted by Gasteiger charge is -2.54. The van der Waals surface area contributed by atoms with Crippen LogP contribution in [-0.4, -0.2) is 187 Å². The molecule has 40 heavy (non-hydrogen) atoms. The lowest BCUT2D eigenvalue weighted by Crippen LogP contribution is -2.77. The van der Waals surface area contributed by atoms with E-state index in [2.05, 4.69) is 0 Å². The number of aliphatic hydroxyl groups excluding tert-OH is 9. The molecule has 0 aliphatic carbocycles. The second kappa shape index (κ2) is 14.2. The summed E-state index contributed by atoms with van der Waals surface area (Å²) in [6.07, 6.45) is -23.5. The Labute approximate surface area is 231 Å². The van der Waals surface area contributed by atoms with E-state index in [0.29, 0.717) is 6.54 Å². The molecule has 0 unspecified atom stereocenters. The summed E-state index contributed by atoms with van der Waals surface area (Å²) in [6.45, 7) is 5.83. The Bertz CT molecular complexity index is 779. The number of nitrogens with zero attached hydrogens (tertiary/aromatic N) is 1. The molecule has 3 saturated heterocycles. The first-order valence-electron chi connectivity index (χ1n) is 13.5. The number of hydrogen-bond donors (Lipinski definition) is 10. The van der Waals surface area contributed by atoms with Crippen LogP contribution in [0.1, 0.15) is 20.8 Å². The predicted octanol–water partition coefficient (Wildman–Crippen LogP) is -5.79. The molecule has 16 heteroatoms. The van der Waals surface area contributed by atoms with E-state index in [1.54, 1.807) is 0 Å². The summed E-state index contributed by atoms with van der Waals surface area (Å²) in [5.41, 5.74) is -2.78. The smallest absolute Gasteiger partial charge is 0.187 e. The molecule has 236 valence electrons. The number of rotatable bonds is 11. The Balaban J connectivity index is 1.78. The molecule has 0 radical (unpaired) electrons. The highest BCUT2D eigenvalue weighted by molar-refractivity contribution is 5.12. The van der Waals surface area contributed by atoms with Crippen molar-refractivity contribution in [3.63, 3.8) is 0 Å². The van der Waals surface area contributed by atoms with E-state index in [9.17, 15) is 51.1 Å². The lowest BCUT2D eigenvalue weighted by molar-refractivity contribution is -0.376. The van der Waals surface area contributed by atoms with Crippen LogP contribution in [0.25, 0.3) is 0 Å². The maximum absolute atomic E-state index is 11.6. The van der Waals surface area contributed by atoms with Crippen molar-refractivity contribution in [1.82, 2.24) is 4.90 Å². The zero-order valence-electron chi connectivity index (χ0n) is 22.8. The van der Waals surface area contributed by atoms with Gasteiger partial charge in [-0.15, -0.1) is 0 Å². The molecular formula is C24H45NO15. The zero-order valence-corrected chi connectivity index (χ0v) is 22.8. The molecule has 3 rings (SSSR count). The van der Waals surface area contributed by atoms with Gasteiger partial charge >= 0.3 is 0 Å². The fraction of sp³-hybridized carbons (Fsp3) is 1.00. The Kier molecular flexibility index (Phi) is 12.0. The molecular weight excluding hydrogens is 542 g/mol. The third-order valence-electron chi connectivity index (χ3n) is 8.03. The molecule has 15 atom stereocenters. The van der Waals surface area contributed by atoms with Crippen LogP contribution in [0, 0.1) is 0 Å². The van der Waals surface area contributed by atoms with Crippen LogP contribution in [0.2, 0.25) is 0 Å². The average molecular weight is 588 g/mol. The van der Waals surface area contributed by atoms with Gasteiger partial charge in [0.2, 0.25) is 0 Å². The van der Waals surface area contributed by atoms with Crippen molar-refractivity contribution in [3.8, 4) is 0 Å². The predicted molar refractivity (Wildman–Crippen MR) is 131 cm³/mol. The third kappa shape index (κ3) is 6.62. The Hall–Kier alpha value is -0.640. The van der Waals surface area contributed by atoms with E-state index < -0.39 is 105 Å². The number of hydrogen-bond acceptors (Lipinski definition) is 16. The third-order valence-corrected chi connectivity index (χ3v) is 8.03. The highest BCUT2D eigenvalue weighted by atomic mass is 16.7. The van der Waals surface area contributed by atoms with Gasteiger partial charge < -0.3 is 79.6 Å². The van der Waals surface area contributed by atoms with Gasteiger partial charge in [-0.05, 0) is 20.0 Å². The molecule has 16 nitrogen and oxygen atoms in total. The van der Waals surface area contributed by atoms with Crippen LogP contribution in [0.3, 0.4) is 0 Å². The standard InChI is InChI=1S/C24H45NO15/c1-4-25(5-2)6-7-36-23-20(34)24(35,19(33)11(8-26)40-23)21-17(31)16(30)14(28)12(39-21)9-37-22-18(32)15(29)13(27)10(3)38-22/h10-23,26-35H,4-9H2,1-3H3/t10-,11+,12-,13-,14-,15+,16+,17+,18+,19+,20-,21+,22+,23+,24-/m0/s1. The maximum Gasteiger partial charge on any atom is 0.187 e. The number of likely N-dealkylation sites (N-methyl/N-ethyl adjacent to an activating group) is 1. The lowest BCUT2D eigenvalue weighted by atomic mass is 9.74. The molecule has 0 amide bonds. The van der Waals surface area contributed by atoms with Crippen LogP contribution < -0.4 is 0 Å². The van der Waals surface area contributed by atoms with Crippen molar-refractivity contribution in [2.24, 2.45) is 0 Å². The van der Waals surface area contributed by atoms with E-state index in [-0.39, 0.29) is 6.61 Å². The molecule has 3 heterocycles. The Morgan fingerprint density at radius 2 is 1.32 bits per heavy atom. The molecule has 0 aromatic carbocycles. The van der Waals surface area contributed by atoms with Gasteiger partial charge in [-0.2, -0.15) is 0 Å². The summed E-state index contributed by atoms with van der Waals surface area (Å²) in [6, 6.07) is 0. The van der Waals surface area contributed by atoms with Crippen molar-refractivity contribution in [2.75, 3.05) is 39.5 Å². The quantitative estimate of drug-likeness (QED) is 0.108. The molecule has 0 aromatic rings. The molecule has 0 aromatic heterocycles.